The summed E-state index contributed by atoms with van der Waals surface area (Å²) in [4.78, 5) is 23.3. The standard InChI is InChI=1S/C24H27FN4O/c1-18-15-27-23(29(18)17-20-4-6-22(25)7-5-20)13-19-8-11-28(12-9-19)24(30)14-21-3-2-10-26-16-21/h2-7,10,15-16,19H,8-9,11-14,17H2,1H3. The maximum absolute atomic E-state index is 13.2. The van der Waals surface area contributed by atoms with E-state index in [1.807, 2.05) is 35.4 Å². The number of carbonyl (C=O) groups is 1. The molecule has 0 aliphatic carbocycles. The number of aryl methyl sites for hydroxylation is 1. The summed E-state index contributed by atoms with van der Waals surface area (Å²) in [7, 11) is 0. The molecule has 5 nitrogen and oxygen atoms in total. The lowest BCUT2D eigenvalue weighted by atomic mass is 9.93. The first-order valence-corrected chi connectivity index (χ1v) is 10.5. The van der Waals surface area contributed by atoms with Crippen molar-refractivity contribution in [3.8, 4) is 0 Å². The number of carbonyl (C=O) groups excluding carboxylic acids is 1. The average Bonchev–Trinajstić information content (AvgIpc) is 3.10. The second-order valence-electron chi connectivity index (χ2n) is 8.09. The summed E-state index contributed by atoms with van der Waals surface area (Å²) in [5.74, 6) is 1.54. The predicted octanol–water partition coefficient (Wildman–Crippen LogP) is 3.80. The summed E-state index contributed by atoms with van der Waals surface area (Å²) in [6.07, 6.45) is 8.68. The maximum atomic E-state index is 13.2. The Labute approximate surface area is 176 Å². The van der Waals surface area contributed by atoms with Gasteiger partial charge in [-0.15, -0.1) is 0 Å². The van der Waals surface area contributed by atoms with Crippen molar-refractivity contribution in [1.82, 2.24) is 19.4 Å². The van der Waals surface area contributed by atoms with Gasteiger partial charge in [0, 0.05) is 50.3 Å². The molecule has 1 saturated heterocycles. The minimum atomic E-state index is -0.217. The summed E-state index contributed by atoms with van der Waals surface area (Å²) < 4.78 is 15.4. The number of piperidine rings is 1. The number of likely N-dealkylation sites (tertiary alicyclic amines) is 1. The first-order valence-electron chi connectivity index (χ1n) is 10.5. The smallest absolute Gasteiger partial charge is 0.227 e. The SMILES string of the molecule is Cc1cnc(CC2CCN(C(=O)Cc3cccnc3)CC2)n1Cc1ccc(F)cc1. The van der Waals surface area contributed by atoms with E-state index in [4.69, 9.17) is 0 Å². The highest BCUT2D eigenvalue weighted by atomic mass is 19.1. The van der Waals surface area contributed by atoms with Crippen LogP contribution in [0.15, 0.2) is 55.0 Å². The van der Waals surface area contributed by atoms with Crippen LogP contribution in [0, 0.1) is 18.7 Å². The molecule has 1 fully saturated rings. The summed E-state index contributed by atoms with van der Waals surface area (Å²) in [6.45, 7) is 4.34. The van der Waals surface area contributed by atoms with Crippen LogP contribution in [0.3, 0.4) is 0 Å². The van der Waals surface area contributed by atoms with Crippen molar-refractivity contribution in [2.45, 2.75) is 39.2 Å². The largest absolute Gasteiger partial charge is 0.342 e. The fourth-order valence-corrected chi connectivity index (χ4v) is 4.10. The second kappa shape index (κ2) is 9.20. The second-order valence-corrected chi connectivity index (χ2v) is 8.09. The van der Waals surface area contributed by atoms with Crippen LogP contribution in [-0.4, -0.2) is 38.4 Å². The van der Waals surface area contributed by atoms with Gasteiger partial charge in [-0.1, -0.05) is 18.2 Å². The van der Waals surface area contributed by atoms with Gasteiger partial charge < -0.3 is 9.47 Å². The van der Waals surface area contributed by atoms with Gasteiger partial charge in [0.1, 0.15) is 11.6 Å². The van der Waals surface area contributed by atoms with Gasteiger partial charge in [-0.3, -0.25) is 9.78 Å². The first kappa shape index (κ1) is 20.3. The van der Waals surface area contributed by atoms with Crippen LogP contribution >= 0.6 is 0 Å². The summed E-state index contributed by atoms with van der Waals surface area (Å²) in [6, 6.07) is 10.5. The van der Waals surface area contributed by atoms with E-state index in [-0.39, 0.29) is 11.7 Å². The third kappa shape index (κ3) is 4.93. The Morgan fingerprint density at radius 2 is 1.87 bits per heavy atom. The zero-order valence-electron chi connectivity index (χ0n) is 17.3. The fourth-order valence-electron chi connectivity index (χ4n) is 4.10. The van der Waals surface area contributed by atoms with Crippen LogP contribution in [-0.2, 0) is 24.2 Å². The number of halogens is 1. The van der Waals surface area contributed by atoms with Gasteiger partial charge in [0.25, 0.3) is 0 Å². The van der Waals surface area contributed by atoms with Crippen LogP contribution in [0.2, 0.25) is 0 Å². The first-order chi connectivity index (χ1) is 14.6. The molecule has 1 aliphatic heterocycles. The van der Waals surface area contributed by atoms with Crippen LogP contribution in [0.5, 0.6) is 0 Å². The van der Waals surface area contributed by atoms with Gasteiger partial charge in [-0.05, 0) is 55.0 Å². The van der Waals surface area contributed by atoms with Crippen molar-refractivity contribution < 1.29 is 9.18 Å². The molecule has 30 heavy (non-hydrogen) atoms. The number of hydrogen-bond donors (Lipinski definition) is 0. The van der Waals surface area contributed by atoms with Crippen molar-refractivity contribution in [1.29, 1.82) is 0 Å². The highest BCUT2D eigenvalue weighted by molar-refractivity contribution is 5.78. The molecule has 156 valence electrons. The van der Waals surface area contributed by atoms with Gasteiger partial charge in [0.2, 0.25) is 5.91 Å². The molecule has 4 rings (SSSR count). The van der Waals surface area contributed by atoms with Crippen molar-refractivity contribution in [2.75, 3.05) is 13.1 Å². The zero-order chi connectivity index (χ0) is 20.9. The maximum Gasteiger partial charge on any atom is 0.227 e. The molecule has 2 aromatic heterocycles. The van der Waals surface area contributed by atoms with Crippen molar-refractivity contribution in [3.05, 3.63) is 83.5 Å². The highest BCUT2D eigenvalue weighted by Gasteiger charge is 2.24. The summed E-state index contributed by atoms with van der Waals surface area (Å²) in [5, 5.41) is 0. The Kier molecular flexibility index (Phi) is 6.21. The molecule has 0 unspecified atom stereocenters. The van der Waals surface area contributed by atoms with Crippen molar-refractivity contribution in [2.24, 2.45) is 5.92 Å². The molecule has 0 saturated carbocycles. The highest BCUT2D eigenvalue weighted by Crippen LogP contribution is 2.23. The normalized spacial score (nSPS) is 14.8. The van der Waals surface area contributed by atoms with Gasteiger partial charge in [0.05, 0.1) is 6.42 Å². The molecule has 3 aromatic rings. The van der Waals surface area contributed by atoms with Crippen LogP contribution in [0.4, 0.5) is 4.39 Å². The molecule has 0 N–H and O–H groups in total. The lowest BCUT2D eigenvalue weighted by Gasteiger charge is -2.32. The molecular formula is C24H27FN4O. The molecule has 3 heterocycles. The third-order valence-corrected chi connectivity index (χ3v) is 5.91. The van der Waals surface area contributed by atoms with E-state index in [0.29, 0.717) is 18.9 Å². The topological polar surface area (TPSA) is 51.0 Å². The number of amides is 1. The van der Waals surface area contributed by atoms with Crippen LogP contribution in [0.1, 0.15) is 35.5 Å². The summed E-state index contributed by atoms with van der Waals surface area (Å²) in [5.41, 5.74) is 3.14. The van der Waals surface area contributed by atoms with E-state index in [1.54, 1.807) is 12.4 Å². The van der Waals surface area contributed by atoms with Crippen molar-refractivity contribution >= 4 is 5.91 Å². The minimum absolute atomic E-state index is 0.176. The van der Waals surface area contributed by atoms with Gasteiger partial charge in [-0.25, -0.2) is 9.37 Å². The molecule has 1 aliphatic rings. The zero-order valence-corrected chi connectivity index (χ0v) is 17.3. The van der Waals surface area contributed by atoms with Crippen molar-refractivity contribution in [3.63, 3.8) is 0 Å². The van der Waals surface area contributed by atoms with Gasteiger partial charge in [0.15, 0.2) is 0 Å². The minimum Gasteiger partial charge on any atom is -0.342 e. The third-order valence-electron chi connectivity index (χ3n) is 5.91. The Hall–Kier alpha value is -3.02. The van der Waals surface area contributed by atoms with Crippen LogP contribution in [0.25, 0.3) is 0 Å². The van der Waals surface area contributed by atoms with Crippen LogP contribution < -0.4 is 0 Å². The molecular weight excluding hydrogens is 379 g/mol. The van der Waals surface area contributed by atoms with E-state index in [9.17, 15) is 9.18 Å². The van der Waals surface area contributed by atoms with E-state index >= 15 is 0 Å². The molecule has 0 radical (unpaired) electrons. The summed E-state index contributed by atoms with van der Waals surface area (Å²) >= 11 is 0. The quantitative estimate of drug-likeness (QED) is 0.626. The average molecular weight is 407 g/mol. The molecule has 0 bridgehead atoms. The molecule has 6 heteroatoms. The van der Waals surface area contributed by atoms with Gasteiger partial charge in [-0.2, -0.15) is 0 Å². The molecule has 1 aromatic carbocycles. The monoisotopic (exact) mass is 406 g/mol. The molecule has 0 atom stereocenters. The number of imidazole rings is 1. The fraction of sp³-hybridized carbons (Fsp3) is 0.375. The lowest BCUT2D eigenvalue weighted by molar-refractivity contribution is -0.131. The number of hydrogen-bond acceptors (Lipinski definition) is 3. The van der Waals surface area contributed by atoms with E-state index < -0.39 is 0 Å². The molecule has 1 amide bonds. The number of nitrogens with zero attached hydrogens (tertiary/aromatic N) is 4. The van der Waals surface area contributed by atoms with E-state index in [1.165, 1.54) is 12.1 Å². The number of pyridine rings is 1. The predicted molar refractivity (Wildman–Crippen MR) is 113 cm³/mol. The Balaban J connectivity index is 1.33. The number of rotatable bonds is 6. The Morgan fingerprint density at radius 1 is 1.10 bits per heavy atom. The lowest BCUT2D eigenvalue weighted by Crippen LogP contribution is -2.39. The van der Waals surface area contributed by atoms with Gasteiger partial charge >= 0.3 is 0 Å². The van der Waals surface area contributed by atoms with E-state index in [0.717, 1.165) is 55.0 Å². The Morgan fingerprint density at radius 3 is 2.57 bits per heavy atom. The Bertz CT molecular complexity index is 976. The molecule has 0 spiro atoms. The van der Waals surface area contributed by atoms with E-state index in [2.05, 4.69) is 21.5 Å². The number of aromatic nitrogens is 3. The number of benzene rings is 1.